The van der Waals surface area contributed by atoms with Crippen molar-refractivity contribution in [2.75, 3.05) is 6.54 Å². The van der Waals surface area contributed by atoms with Crippen molar-refractivity contribution in [3.8, 4) is 6.07 Å². The highest BCUT2D eigenvalue weighted by molar-refractivity contribution is 6.06. The van der Waals surface area contributed by atoms with Crippen LogP contribution in [0.25, 0.3) is 0 Å². The SMILES string of the molecule is N#Cc1ccc([C@H]2[C@H]3C(=O)N(Cc4ccc(F)cc4)C(=O)[C@H]3[C@@H]3C[C@H](O)CN32)cc1. The van der Waals surface area contributed by atoms with Gasteiger partial charge in [-0.05, 0) is 41.8 Å². The topological polar surface area (TPSA) is 84.6 Å². The molecule has 6 nitrogen and oxygen atoms in total. The van der Waals surface area contributed by atoms with E-state index >= 15 is 0 Å². The minimum Gasteiger partial charge on any atom is -0.392 e. The number of rotatable bonds is 3. The summed E-state index contributed by atoms with van der Waals surface area (Å²) in [4.78, 5) is 30.0. The first-order valence-corrected chi connectivity index (χ1v) is 10.0. The fraction of sp³-hybridized carbons (Fsp3) is 0.348. The van der Waals surface area contributed by atoms with Gasteiger partial charge in [0.05, 0.1) is 36.1 Å². The minimum atomic E-state index is -0.536. The molecule has 3 saturated heterocycles. The van der Waals surface area contributed by atoms with Crippen molar-refractivity contribution in [2.45, 2.75) is 31.2 Å². The molecule has 0 aromatic heterocycles. The summed E-state index contributed by atoms with van der Waals surface area (Å²) in [6.45, 7) is 0.529. The molecule has 0 bridgehead atoms. The van der Waals surface area contributed by atoms with Crippen LogP contribution in [0.1, 0.15) is 29.2 Å². The van der Waals surface area contributed by atoms with Gasteiger partial charge >= 0.3 is 0 Å². The van der Waals surface area contributed by atoms with Crippen molar-refractivity contribution in [1.82, 2.24) is 9.80 Å². The fourth-order valence-corrected chi connectivity index (χ4v) is 5.34. The number of carbonyl (C=O) groups is 2. The van der Waals surface area contributed by atoms with E-state index in [1.807, 2.05) is 12.1 Å². The molecule has 3 heterocycles. The van der Waals surface area contributed by atoms with Gasteiger partial charge in [-0.25, -0.2) is 4.39 Å². The molecule has 5 rings (SSSR count). The Morgan fingerprint density at radius 1 is 1.03 bits per heavy atom. The molecule has 5 atom stereocenters. The second-order valence-electron chi connectivity index (χ2n) is 8.27. The van der Waals surface area contributed by atoms with Crippen LogP contribution >= 0.6 is 0 Å². The van der Waals surface area contributed by atoms with Crippen LogP contribution in [0.5, 0.6) is 0 Å². The summed E-state index contributed by atoms with van der Waals surface area (Å²) in [6, 6.07) is 14.4. The van der Waals surface area contributed by atoms with Crippen LogP contribution in [0.2, 0.25) is 0 Å². The van der Waals surface area contributed by atoms with Crippen LogP contribution in [0, 0.1) is 29.0 Å². The molecule has 0 aliphatic carbocycles. The first-order chi connectivity index (χ1) is 14.5. The van der Waals surface area contributed by atoms with Gasteiger partial charge in [0, 0.05) is 18.6 Å². The molecule has 3 aliphatic rings. The number of fused-ring (bicyclic) bond motifs is 3. The second kappa shape index (κ2) is 7.01. The highest BCUT2D eigenvalue weighted by Gasteiger charge is 2.63. The summed E-state index contributed by atoms with van der Waals surface area (Å²) >= 11 is 0. The molecular weight excluding hydrogens is 385 g/mol. The molecule has 2 amide bonds. The number of hydrogen-bond donors (Lipinski definition) is 1. The third-order valence-corrected chi connectivity index (χ3v) is 6.60. The molecule has 2 aromatic carbocycles. The van der Waals surface area contributed by atoms with Gasteiger partial charge < -0.3 is 5.11 Å². The van der Waals surface area contributed by atoms with E-state index in [0.717, 1.165) is 5.56 Å². The maximum atomic E-state index is 13.4. The highest BCUT2D eigenvalue weighted by atomic mass is 19.1. The zero-order valence-corrected chi connectivity index (χ0v) is 16.1. The Balaban J connectivity index is 1.50. The third kappa shape index (κ3) is 2.83. The van der Waals surface area contributed by atoms with E-state index in [4.69, 9.17) is 5.26 Å². The number of imide groups is 1. The molecule has 30 heavy (non-hydrogen) atoms. The monoisotopic (exact) mass is 405 g/mol. The molecule has 0 spiro atoms. The van der Waals surface area contributed by atoms with Gasteiger partial charge in [-0.3, -0.25) is 19.4 Å². The lowest BCUT2D eigenvalue weighted by Crippen LogP contribution is -2.39. The molecule has 0 radical (unpaired) electrons. The maximum absolute atomic E-state index is 13.4. The minimum absolute atomic E-state index is 0.111. The van der Waals surface area contributed by atoms with E-state index in [2.05, 4.69) is 11.0 Å². The Kier molecular flexibility index (Phi) is 4.42. The largest absolute Gasteiger partial charge is 0.392 e. The Morgan fingerprint density at radius 2 is 1.70 bits per heavy atom. The predicted octanol–water partition coefficient (Wildman–Crippen LogP) is 1.99. The van der Waals surface area contributed by atoms with E-state index in [-0.39, 0.29) is 36.3 Å². The van der Waals surface area contributed by atoms with Gasteiger partial charge in [-0.1, -0.05) is 24.3 Å². The maximum Gasteiger partial charge on any atom is 0.235 e. The van der Waals surface area contributed by atoms with Crippen LogP contribution < -0.4 is 0 Å². The smallest absolute Gasteiger partial charge is 0.235 e. The number of aliphatic hydroxyl groups excluding tert-OH is 1. The van der Waals surface area contributed by atoms with Gasteiger partial charge in [0.25, 0.3) is 0 Å². The molecule has 7 heteroatoms. The second-order valence-corrected chi connectivity index (χ2v) is 8.27. The summed E-state index contributed by atoms with van der Waals surface area (Å²) in [5, 5.41) is 19.3. The standard InChI is InChI=1S/C23H20FN3O3/c24-16-7-3-14(4-8-16)11-27-22(29)19-18-9-17(28)12-26(18)21(20(19)23(27)30)15-5-1-13(10-25)2-6-15/h1-8,17-21,28H,9,11-12H2/t17-,18-,19-,20-,21-/m0/s1. The van der Waals surface area contributed by atoms with Gasteiger partial charge in [0.2, 0.25) is 11.8 Å². The number of amides is 2. The summed E-state index contributed by atoms with van der Waals surface area (Å²) in [5.41, 5.74) is 2.08. The van der Waals surface area contributed by atoms with Crippen LogP contribution in [-0.4, -0.2) is 45.4 Å². The van der Waals surface area contributed by atoms with Gasteiger partial charge in [0.1, 0.15) is 5.82 Å². The summed E-state index contributed by atoms with van der Waals surface area (Å²) in [5.74, 6) is -1.85. The van der Waals surface area contributed by atoms with E-state index in [1.54, 1.807) is 24.3 Å². The Labute approximate surface area is 173 Å². The average molecular weight is 405 g/mol. The summed E-state index contributed by atoms with van der Waals surface area (Å²) in [6.07, 6.45) is -0.0805. The highest BCUT2D eigenvalue weighted by Crippen LogP contribution is 2.53. The zero-order chi connectivity index (χ0) is 21.0. The summed E-state index contributed by atoms with van der Waals surface area (Å²) in [7, 11) is 0. The molecule has 3 fully saturated rings. The molecule has 152 valence electrons. The first-order valence-electron chi connectivity index (χ1n) is 10.0. The van der Waals surface area contributed by atoms with E-state index in [9.17, 15) is 19.1 Å². The average Bonchev–Trinajstić information content (AvgIpc) is 3.33. The van der Waals surface area contributed by atoms with E-state index in [1.165, 1.54) is 17.0 Å². The Morgan fingerprint density at radius 3 is 2.37 bits per heavy atom. The lowest BCUT2D eigenvalue weighted by Gasteiger charge is -2.28. The zero-order valence-electron chi connectivity index (χ0n) is 16.1. The molecular formula is C23H20FN3O3. The predicted molar refractivity (Wildman–Crippen MR) is 104 cm³/mol. The quantitative estimate of drug-likeness (QED) is 0.790. The van der Waals surface area contributed by atoms with Crippen molar-refractivity contribution in [1.29, 1.82) is 5.26 Å². The van der Waals surface area contributed by atoms with Crippen LogP contribution in [0.4, 0.5) is 4.39 Å². The van der Waals surface area contributed by atoms with Crippen LogP contribution in [0.15, 0.2) is 48.5 Å². The van der Waals surface area contributed by atoms with Crippen LogP contribution in [-0.2, 0) is 16.1 Å². The third-order valence-electron chi connectivity index (χ3n) is 6.60. The van der Waals surface area contributed by atoms with Crippen molar-refractivity contribution in [2.24, 2.45) is 11.8 Å². The Bertz CT molecular complexity index is 1050. The number of benzene rings is 2. The Hall–Kier alpha value is -3.08. The van der Waals surface area contributed by atoms with Crippen molar-refractivity contribution < 1.29 is 19.1 Å². The number of nitriles is 1. The first kappa shape index (κ1) is 18.9. The fourth-order valence-electron chi connectivity index (χ4n) is 5.34. The number of nitrogens with zero attached hydrogens (tertiary/aromatic N) is 3. The number of carbonyl (C=O) groups excluding carboxylic acids is 2. The lowest BCUT2D eigenvalue weighted by molar-refractivity contribution is -0.142. The number of halogens is 1. The molecule has 2 aromatic rings. The lowest BCUT2D eigenvalue weighted by atomic mass is 9.85. The molecule has 1 N–H and O–H groups in total. The van der Waals surface area contributed by atoms with Gasteiger partial charge in [-0.15, -0.1) is 0 Å². The number of hydrogen-bond acceptors (Lipinski definition) is 5. The van der Waals surface area contributed by atoms with E-state index < -0.39 is 17.9 Å². The van der Waals surface area contributed by atoms with Crippen LogP contribution in [0.3, 0.4) is 0 Å². The van der Waals surface area contributed by atoms with Crippen molar-refractivity contribution in [3.05, 3.63) is 71.0 Å². The van der Waals surface area contributed by atoms with E-state index in [0.29, 0.717) is 24.1 Å². The molecule has 0 unspecified atom stereocenters. The van der Waals surface area contributed by atoms with Crippen molar-refractivity contribution in [3.63, 3.8) is 0 Å². The molecule has 3 aliphatic heterocycles. The normalized spacial score (nSPS) is 30.4. The number of likely N-dealkylation sites (tertiary alicyclic amines) is 1. The molecule has 0 saturated carbocycles. The van der Waals surface area contributed by atoms with Gasteiger partial charge in [-0.2, -0.15) is 5.26 Å². The summed E-state index contributed by atoms with van der Waals surface area (Å²) < 4.78 is 13.2. The van der Waals surface area contributed by atoms with Gasteiger partial charge in [0.15, 0.2) is 0 Å². The number of aliphatic hydroxyl groups is 1. The van der Waals surface area contributed by atoms with Crippen molar-refractivity contribution >= 4 is 11.8 Å².